The lowest BCUT2D eigenvalue weighted by Crippen LogP contribution is -2.54. The van der Waals surface area contributed by atoms with E-state index in [1.165, 1.54) is 6.08 Å². The van der Waals surface area contributed by atoms with Gasteiger partial charge in [-0.3, -0.25) is 34.8 Å². The van der Waals surface area contributed by atoms with Gasteiger partial charge in [0, 0.05) is 6.42 Å². The van der Waals surface area contributed by atoms with Crippen LogP contribution in [-0.2, 0) is 19.2 Å². The van der Waals surface area contributed by atoms with Gasteiger partial charge in [0.15, 0.2) is 0 Å². The summed E-state index contributed by atoms with van der Waals surface area (Å²) in [5, 5.41) is 9.02. The third kappa shape index (κ3) is 2.04. The summed E-state index contributed by atoms with van der Waals surface area (Å²) in [6.45, 7) is 1.56. The molecule has 1 atom stereocenters. The number of hydrogen-bond donors (Lipinski definition) is 2. The van der Waals surface area contributed by atoms with E-state index in [0.717, 1.165) is 4.90 Å². The van der Waals surface area contributed by atoms with E-state index in [1.807, 2.05) is 0 Å². The van der Waals surface area contributed by atoms with Crippen molar-refractivity contribution in [2.75, 3.05) is 0 Å². The predicted molar refractivity (Wildman–Crippen MR) is 68.0 cm³/mol. The van der Waals surface area contributed by atoms with E-state index in [1.54, 1.807) is 6.92 Å². The highest BCUT2D eigenvalue weighted by atomic mass is 16.2. The van der Waals surface area contributed by atoms with Crippen LogP contribution in [0, 0.1) is 5.41 Å². The lowest BCUT2D eigenvalue weighted by Gasteiger charge is -2.27. The minimum atomic E-state index is -1.01. The van der Waals surface area contributed by atoms with E-state index in [0.29, 0.717) is 6.34 Å². The van der Waals surface area contributed by atoms with Crippen LogP contribution in [-0.4, -0.2) is 46.6 Å². The summed E-state index contributed by atoms with van der Waals surface area (Å²) >= 11 is 0. The smallest absolute Gasteiger partial charge is 0.280 e. The molecule has 0 aromatic rings. The van der Waals surface area contributed by atoms with E-state index in [9.17, 15) is 19.2 Å². The molecule has 2 saturated heterocycles. The van der Waals surface area contributed by atoms with Crippen molar-refractivity contribution in [3.05, 3.63) is 11.6 Å². The van der Waals surface area contributed by atoms with Gasteiger partial charge in [-0.1, -0.05) is 6.08 Å². The Bertz CT molecular complexity index is 590. The van der Waals surface area contributed by atoms with E-state index in [-0.39, 0.29) is 24.1 Å². The second-order valence-electron chi connectivity index (χ2n) is 4.26. The van der Waals surface area contributed by atoms with Crippen molar-refractivity contribution in [1.29, 1.82) is 5.41 Å². The van der Waals surface area contributed by atoms with Gasteiger partial charge in [-0.2, -0.15) is 0 Å². The van der Waals surface area contributed by atoms with Crippen LogP contribution in [0.4, 0.5) is 0 Å². The molecule has 0 saturated carbocycles. The summed E-state index contributed by atoms with van der Waals surface area (Å²) in [6.07, 6.45) is 2.24. The molecule has 0 spiro atoms. The number of imide groups is 2. The topological polar surface area (TPSA) is 120 Å². The van der Waals surface area contributed by atoms with Crippen LogP contribution < -0.4 is 5.32 Å². The zero-order valence-electron chi connectivity index (χ0n) is 10.7. The van der Waals surface area contributed by atoms with Crippen LogP contribution in [0.5, 0.6) is 0 Å². The van der Waals surface area contributed by atoms with Gasteiger partial charge in [-0.25, -0.2) is 4.99 Å². The molecule has 20 heavy (non-hydrogen) atoms. The van der Waals surface area contributed by atoms with Crippen LogP contribution >= 0.6 is 0 Å². The van der Waals surface area contributed by atoms with E-state index in [2.05, 4.69) is 10.3 Å². The Morgan fingerprint density at radius 1 is 1.30 bits per heavy atom. The molecule has 0 radical (unpaired) electrons. The molecule has 2 N–H and O–H groups in total. The van der Waals surface area contributed by atoms with Crippen molar-refractivity contribution in [3.63, 3.8) is 0 Å². The summed E-state index contributed by atoms with van der Waals surface area (Å²) in [6, 6.07) is -1.01. The van der Waals surface area contributed by atoms with Crippen molar-refractivity contribution in [3.8, 4) is 0 Å². The van der Waals surface area contributed by atoms with Crippen molar-refractivity contribution in [1.82, 2.24) is 10.2 Å². The first-order valence-electron chi connectivity index (χ1n) is 5.96. The molecule has 8 heteroatoms. The first-order chi connectivity index (χ1) is 9.51. The zero-order valence-corrected chi connectivity index (χ0v) is 10.7. The van der Waals surface area contributed by atoms with Gasteiger partial charge in [0.1, 0.15) is 18.1 Å². The molecule has 104 valence electrons. The number of piperidine rings is 1. The number of allylic oxidation sites excluding steroid dienone is 1. The molecule has 0 aromatic carbocycles. The predicted octanol–water partition coefficient (Wildman–Crippen LogP) is -0.845. The van der Waals surface area contributed by atoms with E-state index < -0.39 is 29.7 Å². The summed E-state index contributed by atoms with van der Waals surface area (Å²) < 4.78 is 0. The number of nitrogens with zero attached hydrogens (tertiary/aromatic N) is 2. The molecule has 2 rings (SSSR count). The number of carbonyl (C=O) groups is 4. The van der Waals surface area contributed by atoms with Gasteiger partial charge < -0.3 is 0 Å². The van der Waals surface area contributed by atoms with Crippen LogP contribution in [0.2, 0.25) is 0 Å². The molecule has 2 aliphatic rings. The lowest BCUT2D eigenvalue weighted by molar-refractivity contribution is -0.148. The fraction of sp³-hybridized carbons (Fsp3) is 0.333. The highest BCUT2D eigenvalue weighted by Gasteiger charge is 2.47. The third-order valence-electron chi connectivity index (χ3n) is 3.13. The molecular formula is C12H12N4O4. The lowest BCUT2D eigenvalue weighted by atomic mass is 10.0. The maximum Gasteiger partial charge on any atom is 0.280 e. The fourth-order valence-corrected chi connectivity index (χ4v) is 2.21. The number of amides is 4. The van der Waals surface area contributed by atoms with Crippen molar-refractivity contribution >= 4 is 35.7 Å². The largest absolute Gasteiger partial charge is 0.295 e. The summed E-state index contributed by atoms with van der Waals surface area (Å²) in [5.41, 5.74) is -0.0969. The van der Waals surface area contributed by atoms with Gasteiger partial charge in [0.25, 0.3) is 11.8 Å². The molecule has 0 bridgehead atoms. The standard InChI is InChI=1S/C12H12N4O4/c1-2-6-9(14-5-13)12(20)16(11(6)19)7-3-4-8(17)15-10(7)18/h2,5,7,13H,3-4H2,1H3,(H,15,17,18)/b6-2+,13-5?,14-9?. The summed E-state index contributed by atoms with van der Waals surface area (Å²) in [4.78, 5) is 51.6. The Kier molecular flexibility index (Phi) is 3.55. The molecule has 0 aliphatic carbocycles. The van der Waals surface area contributed by atoms with Crippen LogP contribution in [0.25, 0.3) is 0 Å². The van der Waals surface area contributed by atoms with Gasteiger partial charge in [0.2, 0.25) is 11.8 Å². The molecule has 1 unspecified atom stereocenters. The summed E-state index contributed by atoms with van der Waals surface area (Å²) in [5.74, 6) is -2.45. The highest BCUT2D eigenvalue weighted by molar-refractivity contribution is 6.59. The van der Waals surface area contributed by atoms with Crippen molar-refractivity contribution in [2.24, 2.45) is 4.99 Å². The number of nitrogens with one attached hydrogen (secondary N) is 2. The average molecular weight is 276 g/mol. The van der Waals surface area contributed by atoms with Gasteiger partial charge >= 0.3 is 0 Å². The number of hydrogen-bond acceptors (Lipinski definition) is 5. The molecule has 2 fully saturated rings. The van der Waals surface area contributed by atoms with Crippen molar-refractivity contribution in [2.45, 2.75) is 25.8 Å². The molecule has 4 amide bonds. The van der Waals surface area contributed by atoms with Crippen LogP contribution in [0.15, 0.2) is 16.6 Å². The van der Waals surface area contributed by atoms with Crippen LogP contribution in [0.1, 0.15) is 19.8 Å². The quantitative estimate of drug-likeness (QED) is 0.295. The molecule has 8 nitrogen and oxygen atoms in total. The van der Waals surface area contributed by atoms with Gasteiger partial charge in [0.05, 0.1) is 5.57 Å². The maximum atomic E-state index is 12.2. The molecular weight excluding hydrogens is 264 g/mol. The second-order valence-corrected chi connectivity index (χ2v) is 4.26. The van der Waals surface area contributed by atoms with E-state index in [4.69, 9.17) is 5.41 Å². The first-order valence-corrected chi connectivity index (χ1v) is 5.96. The normalized spacial score (nSPS) is 27.4. The molecule has 2 aliphatic heterocycles. The average Bonchev–Trinajstić information content (AvgIpc) is 2.63. The second kappa shape index (κ2) is 5.16. The number of rotatable bonds is 2. The molecule has 0 aromatic heterocycles. The number of aliphatic imine (C=N–C) groups is 1. The van der Waals surface area contributed by atoms with E-state index >= 15 is 0 Å². The Hall–Kier alpha value is -2.64. The number of likely N-dealkylation sites (tertiary alicyclic amines) is 1. The Morgan fingerprint density at radius 2 is 2.00 bits per heavy atom. The van der Waals surface area contributed by atoms with Gasteiger partial charge in [-0.15, -0.1) is 0 Å². The summed E-state index contributed by atoms with van der Waals surface area (Å²) in [7, 11) is 0. The first kappa shape index (κ1) is 13.8. The highest BCUT2D eigenvalue weighted by Crippen LogP contribution is 2.23. The minimum Gasteiger partial charge on any atom is -0.295 e. The van der Waals surface area contributed by atoms with Gasteiger partial charge in [-0.05, 0) is 13.3 Å². The molecule has 2 heterocycles. The SMILES string of the molecule is C/C=C1/C(=O)N(C2CCC(=O)NC2=O)C(=O)C1=NC=N. The Labute approximate surface area is 114 Å². The monoisotopic (exact) mass is 276 g/mol. The van der Waals surface area contributed by atoms with Crippen LogP contribution in [0.3, 0.4) is 0 Å². The Balaban J connectivity index is 2.38. The van der Waals surface area contributed by atoms with Crippen molar-refractivity contribution < 1.29 is 19.2 Å². The fourth-order valence-electron chi connectivity index (χ4n) is 2.21. The maximum absolute atomic E-state index is 12.2. The minimum absolute atomic E-state index is 0.0585. The number of carbonyl (C=O) groups excluding carboxylic acids is 4. The zero-order chi connectivity index (χ0) is 14.9. The third-order valence-corrected chi connectivity index (χ3v) is 3.13. The Morgan fingerprint density at radius 3 is 2.55 bits per heavy atom.